The van der Waals surface area contributed by atoms with Gasteiger partial charge in [0.2, 0.25) is 0 Å². The molecule has 0 aliphatic rings. The van der Waals surface area contributed by atoms with Crippen molar-refractivity contribution in [2.45, 2.75) is 26.7 Å². The number of carboxylic acids is 1. The third-order valence-corrected chi connectivity index (χ3v) is 4.12. The number of carbonyl (C=O) groups is 2. The smallest absolute Gasteiger partial charge is 0.257 e. The molecule has 2 N–H and O–H groups in total. The van der Waals surface area contributed by atoms with Gasteiger partial charge in [-0.2, -0.15) is 0 Å². The molecule has 0 radical (unpaired) electrons. The average molecular weight is 385 g/mol. The van der Waals surface area contributed by atoms with Gasteiger partial charge in [-0.3, -0.25) is 10.1 Å². The highest BCUT2D eigenvalue weighted by molar-refractivity contribution is 7.80. The lowest BCUT2D eigenvalue weighted by Crippen LogP contribution is -2.34. The highest BCUT2D eigenvalue weighted by Crippen LogP contribution is 2.18. The summed E-state index contributed by atoms with van der Waals surface area (Å²) >= 11 is 5.15. The fourth-order valence-corrected chi connectivity index (χ4v) is 2.56. The van der Waals surface area contributed by atoms with E-state index in [9.17, 15) is 14.7 Å². The Kier molecular flexibility index (Phi) is 7.31. The Morgan fingerprint density at radius 1 is 1.15 bits per heavy atom. The number of anilines is 1. The van der Waals surface area contributed by atoms with Crippen LogP contribution in [0.15, 0.2) is 42.5 Å². The molecule has 0 heterocycles. The zero-order valence-electron chi connectivity index (χ0n) is 15.2. The molecular weight excluding hydrogens is 364 g/mol. The van der Waals surface area contributed by atoms with Crippen LogP contribution in [0.25, 0.3) is 0 Å². The highest BCUT2D eigenvalue weighted by Gasteiger charge is 2.10. The summed E-state index contributed by atoms with van der Waals surface area (Å²) in [5, 5.41) is 16.6. The van der Waals surface area contributed by atoms with Crippen molar-refractivity contribution in [3.05, 3.63) is 59.2 Å². The standard InChI is InChI=1S/C20H22N2O4S/c1-3-4-12-26-15-10-8-14(9-11-15)18(23)22-20(27)21-17-7-5-6-16(13(17)2)19(24)25/h5-11H,3-4,12H2,1-2H3,(H,24,25)(H2,21,22,23,27)/p-1. The molecule has 0 aliphatic heterocycles. The number of amides is 1. The maximum absolute atomic E-state index is 12.3. The summed E-state index contributed by atoms with van der Waals surface area (Å²) in [5.41, 5.74) is 1.46. The first-order valence-corrected chi connectivity index (χ1v) is 8.99. The van der Waals surface area contributed by atoms with Crippen LogP contribution in [0.2, 0.25) is 0 Å². The number of nitrogens with one attached hydrogen (secondary N) is 2. The van der Waals surface area contributed by atoms with Crippen molar-refractivity contribution in [1.82, 2.24) is 5.32 Å². The largest absolute Gasteiger partial charge is 0.545 e. The fraction of sp³-hybridized carbons (Fsp3) is 0.250. The van der Waals surface area contributed by atoms with Crippen molar-refractivity contribution in [3.8, 4) is 5.75 Å². The van der Waals surface area contributed by atoms with Gasteiger partial charge < -0.3 is 20.0 Å². The van der Waals surface area contributed by atoms with E-state index in [2.05, 4.69) is 17.6 Å². The molecule has 0 aromatic heterocycles. The SMILES string of the molecule is CCCCOc1ccc(C(=O)NC(=S)Nc2cccc(C(=O)[O-])c2C)cc1. The molecule has 0 spiro atoms. The molecule has 2 aromatic rings. The summed E-state index contributed by atoms with van der Waals surface area (Å²) in [5.74, 6) is -0.941. The van der Waals surface area contributed by atoms with E-state index < -0.39 is 5.97 Å². The molecule has 0 unspecified atom stereocenters. The molecule has 6 nitrogen and oxygen atoms in total. The summed E-state index contributed by atoms with van der Waals surface area (Å²) in [4.78, 5) is 23.4. The van der Waals surface area contributed by atoms with Gasteiger partial charge >= 0.3 is 0 Å². The molecule has 0 fully saturated rings. The molecule has 2 rings (SSSR count). The average Bonchev–Trinajstić information content (AvgIpc) is 2.64. The molecule has 0 bridgehead atoms. The molecule has 0 atom stereocenters. The number of benzene rings is 2. The van der Waals surface area contributed by atoms with Crippen molar-refractivity contribution in [2.24, 2.45) is 0 Å². The van der Waals surface area contributed by atoms with Crippen LogP contribution in [0.3, 0.4) is 0 Å². The van der Waals surface area contributed by atoms with Gasteiger partial charge in [-0.05, 0) is 61.5 Å². The Bertz CT molecular complexity index is 834. The predicted octanol–water partition coefficient (Wildman–Crippen LogP) is 2.66. The summed E-state index contributed by atoms with van der Waals surface area (Å²) in [6.07, 6.45) is 2.02. The van der Waals surface area contributed by atoms with Crippen LogP contribution in [-0.2, 0) is 0 Å². The number of carbonyl (C=O) groups excluding carboxylic acids is 2. The number of hydrogen-bond acceptors (Lipinski definition) is 5. The van der Waals surface area contributed by atoms with E-state index >= 15 is 0 Å². The summed E-state index contributed by atoms with van der Waals surface area (Å²) in [7, 11) is 0. The van der Waals surface area contributed by atoms with Gasteiger partial charge in [0, 0.05) is 16.8 Å². The predicted molar refractivity (Wildman–Crippen MR) is 106 cm³/mol. The third kappa shape index (κ3) is 5.79. The minimum atomic E-state index is -1.27. The van der Waals surface area contributed by atoms with Gasteiger partial charge in [-0.25, -0.2) is 0 Å². The maximum Gasteiger partial charge on any atom is 0.257 e. The van der Waals surface area contributed by atoms with E-state index in [4.69, 9.17) is 17.0 Å². The van der Waals surface area contributed by atoms with Crippen molar-refractivity contribution in [3.63, 3.8) is 0 Å². The second kappa shape index (κ2) is 9.68. The summed E-state index contributed by atoms with van der Waals surface area (Å²) < 4.78 is 5.56. The van der Waals surface area contributed by atoms with Crippen molar-refractivity contribution < 1.29 is 19.4 Å². The van der Waals surface area contributed by atoms with E-state index in [0.29, 0.717) is 29.2 Å². The number of aromatic carboxylic acids is 1. The topological polar surface area (TPSA) is 90.5 Å². The van der Waals surface area contributed by atoms with Crippen LogP contribution >= 0.6 is 12.2 Å². The molecule has 0 saturated carbocycles. The van der Waals surface area contributed by atoms with Gasteiger partial charge in [0.15, 0.2) is 5.11 Å². The second-order valence-corrected chi connectivity index (χ2v) is 6.31. The molecule has 0 saturated heterocycles. The number of hydrogen-bond donors (Lipinski definition) is 2. The van der Waals surface area contributed by atoms with Gasteiger partial charge in [0.25, 0.3) is 5.91 Å². The highest BCUT2D eigenvalue weighted by atomic mass is 32.1. The Balaban J connectivity index is 1.97. The van der Waals surface area contributed by atoms with Crippen LogP contribution in [0.1, 0.15) is 46.0 Å². The van der Waals surface area contributed by atoms with Gasteiger partial charge in [0.05, 0.1) is 12.6 Å². The van der Waals surface area contributed by atoms with E-state index in [-0.39, 0.29) is 16.6 Å². The second-order valence-electron chi connectivity index (χ2n) is 5.90. The Labute approximate surface area is 163 Å². The maximum atomic E-state index is 12.3. The van der Waals surface area contributed by atoms with Crippen LogP contribution < -0.4 is 20.5 Å². The minimum absolute atomic E-state index is 0.0628. The monoisotopic (exact) mass is 385 g/mol. The molecule has 2 aromatic carbocycles. The number of ether oxygens (including phenoxy) is 1. The van der Waals surface area contributed by atoms with Gasteiger partial charge in [0.1, 0.15) is 5.75 Å². The first-order valence-electron chi connectivity index (χ1n) is 8.58. The minimum Gasteiger partial charge on any atom is -0.545 e. The Morgan fingerprint density at radius 2 is 1.85 bits per heavy atom. The quantitative estimate of drug-likeness (QED) is 0.563. The van der Waals surface area contributed by atoms with Crippen molar-refractivity contribution in [2.75, 3.05) is 11.9 Å². The van der Waals surface area contributed by atoms with Crippen molar-refractivity contribution >= 4 is 34.9 Å². The molecule has 27 heavy (non-hydrogen) atoms. The van der Waals surface area contributed by atoms with Crippen molar-refractivity contribution in [1.29, 1.82) is 0 Å². The summed E-state index contributed by atoms with van der Waals surface area (Å²) in [6.45, 7) is 4.36. The fourth-order valence-electron chi connectivity index (χ4n) is 2.36. The number of rotatable bonds is 7. The zero-order valence-corrected chi connectivity index (χ0v) is 16.0. The third-order valence-electron chi connectivity index (χ3n) is 3.91. The Hall–Kier alpha value is -2.93. The lowest BCUT2D eigenvalue weighted by molar-refractivity contribution is -0.255. The van der Waals surface area contributed by atoms with Crippen LogP contribution in [0.5, 0.6) is 5.75 Å². The van der Waals surface area contributed by atoms with Gasteiger partial charge in [-0.15, -0.1) is 0 Å². The van der Waals surface area contributed by atoms with Crippen LogP contribution in [0, 0.1) is 6.92 Å². The van der Waals surface area contributed by atoms with Crippen LogP contribution in [0.4, 0.5) is 5.69 Å². The lowest BCUT2D eigenvalue weighted by atomic mass is 10.1. The molecular formula is C20H21N2O4S-. The number of thiocarbonyl (C=S) groups is 1. The molecule has 142 valence electrons. The molecule has 1 amide bonds. The first kappa shape index (κ1) is 20.4. The molecule has 7 heteroatoms. The lowest BCUT2D eigenvalue weighted by Gasteiger charge is -2.15. The van der Waals surface area contributed by atoms with Crippen LogP contribution in [-0.4, -0.2) is 23.6 Å². The Morgan fingerprint density at radius 3 is 2.48 bits per heavy atom. The van der Waals surface area contributed by atoms with E-state index in [0.717, 1.165) is 12.8 Å². The normalized spacial score (nSPS) is 10.1. The van der Waals surface area contributed by atoms with E-state index in [1.165, 1.54) is 6.07 Å². The molecule has 0 aliphatic carbocycles. The number of carboxylic acid groups (broad SMARTS) is 1. The van der Waals surface area contributed by atoms with E-state index in [1.54, 1.807) is 43.3 Å². The zero-order chi connectivity index (χ0) is 19.8. The summed E-state index contributed by atoms with van der Waals surface area (Å²) in [6, 6.07) is 11.5. The first-order chi connectivity index (χ1) is 12.9. The van der Waals surface area contributed by atoms with E-state index in [1.807, 2.05) is 0 Å². The number of unbranched alkanes of at least 4 members (excludes halogenated alkanes) is 1. The van der Waals surface area contributed by atoms with Gasteiger partial charge in [-0.1, -0.05) is 25.5 Å².